The van der Waals surface area contributed by atoms with Gasteiger partial charge in [0.25, 0.3) is 0 Å². The van der Waals surface area contributed by atoms with E-state index in [1.165, 1.54) is 36.8 Å². The first-order chi connectivity index (χ1) is 9.76. The molecule has 1 aliphatic rings. The van der Waals surface area contributed by atoms with Gasteiger partial charge in [0.05, 0.1) is 13.7 Å². The van der Waals surface area contributed by atoms with Crippen LogP contribution < -0.4 is 5.32 Å². The molecule has 20 heavy (non-hydrogen) atoms. The molecule has 2 heterocycles. The molecule has 0 saturated carbocycles. The van der Waals surface area contributed by atoms with Crippen molar-refractivity contribution >= 4 is 17.3 Å². The number of fused-ring (bicyclic) bond motifs is 1. The van der Waals surface area contributed by atoms with Crippen molar-refractivity contribution in [3.05, 3.63) is 45.0 Å². The fourth-order valence-electron chi connectivity index (χ4n) is 2.47. The van der Waals surface area contributed by atoms with Crippen LogP contribution in [-0.2, 0) is 30.7 Å². The zero-order chi connectivity index (χ0) is 13.9. The molecule has 0 saturated heterocycles. The number of rotatable bonds is 5. The van der Waals surface area contributed by atoms with Gasteiger partial charge >= 0.3 is 5.97 Å². The average Bonchev–Trinajstić information content (AvgIpc) is 3.12. The zero-order valence-electron chi connectivity index (χ0n) is 11.4. The molecule has 0 aliphatic heterocycles. The summed E-state index contributed by atoms with van der Waals surface area (Å²) < 4.78 is 10.0. The molecule has 106 valence electrons. The Bertz CT molecular complexity index is 593. The molecule has 1 N–H and O–H groups in total. The average molecular weight is 291 g/mol. The summed E-state index contributed by atoms with van der Waals surface area (Å²) in [6.45, 7) is 1.45. The van der Waals surface area contributed by atoms with Crippen LogP contribution in [0.1, 0.15) is 38.1 Å². The van der Waals surface area contributed by atoms with Gasteiger partial charge in [-0.05, 0) is 43.0 Å². The van der Waals surface area contributed by atoms with Crippen molar-refractivity contribution in [1.82, 2.24) is 5.32 Å². The molecule has 0 unspecified atom stereocenters. The lowest BCUT2D eigenvalue weighted by molar-refractivity contribution is 0.0563. The Balaban J connectivity index is 1.52. The zero-order valence-corrected chi connectivity index (χ0v) is 12.2. The van der Waals surface area contributed by atoms with E-state index in [0.717, 1.165) is 12.3 Å². The van der Waals surface area contributed by atoms with Gasteiger partial charge in [0.1, 0.15) is 5.76 Å². The van der Waals surface area contributed by atoms with Gasteiger partial charge in [-0.1, -0.05) is 0 Å². The Kier molecular flexibility index (Phi) is 3.89. The van der Waals surface area contributed by atoms with Gasteiger partial charge < -0.3 is 14.5 Å². The molecule has 3 rings (SSSR count). The molecule has 0 atom stereocenters. The summed E-state index contributed by atoms with van der Waals surface area (Å²) in [7, 11) is 1.35. The lowest BCUT2D eigenvalue weighted by Crippen LogP contribution is -2.11. The number of ether oxygens (including phenoxy) is 1. The fraction of sp³-hybridized carbons (Fsp3) is 0.400. The molecule has 5 heteroatoms. The highest BCUT2D eigenvalue weighted by Crippen LogP contribution is 2.30. The van der Waals surface area contributed by atoms with Crippen LogP contribution in [0.3, 0.4) is 0 Å². The lowest BCUT2D eigenvalue weighted by Gasteiger charge is -2.00. The minimum Gasteiger partial charge on any atom is -0.463 e. The van der Waals surface area contributed by atoms with Crippen LogP contribution in [0.4, 0.5) is 0 Å². The minimum absolute atomic E-state index is 0.249. The van der Waals surface area contributed by atoms with Crippen molar-refractivity contribution in [2.45, 2.75) is 32.4 Å². The number of nitrogens with one attached hydrogen (secondary N) is 1. The minimum atomic E-state index is -0.439. The second-order valence-corrected chi connectivity index (χ2v) is 6.10. The molecular formula is C15H17NO3S. The topological polar surface area (TPSA) is 51.5 Å². The van der Waals surface area contributed by atoms with Crippen molar-refractivity contribution in [3.8, 4) is 0 Å². The lowest BCUT2D eigenvalue weighted by atomic mass is 10.2. The smallest absolute Gasteiger partial charge is 0.373 e. The number of aryl methyl sites for hydroxylation is 2. The summed E-state index contributed by atoms with van der Waals surface area (Å²) in [6, 6.07) is 5.75. The predicted molar refractivity (Wildman–Crippen MR) is 76.9 cm³/mol. The van der Waals surface area contributed by atoms with Crippen molar-refractivity contribution in [2.75, 3.05) is 7.11 Å². The van der Waals surface area contributed by atoms with Crippen LogP contribution in [-0.4, -0.2) is 13.1 Å². The van der Waals surface area contributed by atoms with Crippen molar-refractivity contribution in [1.29, 1.82) is 0 Å². The molecule has 0 aromatic carbocycles. The van der Waals surface area contributed by atoms with E-state index < -0.39 is 5.97 Å². The summed E-state index contributed by atoms with van der Waals surface area (Å²) in [6.07, 6.45) is 3.77. The van der Waals surface area contributed by atoms with E-state index in [1.807, 2.05) is 11.3 Å². The highest BCUT2D eigenvalue weighted by atomic mass is 32.1. The highest BCUT2D eigenvalue weighted by molar-refractivity contribution is 7.12. The van der Waals surface area contributed by atoms with Gasteiger partial charge in [-0.3, -0.25) is 0 Å². The van der Waals surface area contributed by atoms with Crippen LogP contribution in [0.15, 0.2) is 22.6 Å². The maximum atomic E-state index is 11.3. The molecular weight excluding hydrogens is 274 g/mol. The predicted octanol–water partition coefficient (Wildman–Crippen LogP) is 2.91. The summed E-state index contributed by atoms with van der Waals surface area (Å²) in [5, 5.41) is 3.34. The van der Waals surface area contributed by atoms with Crippen molar-refractivity contribution < 1.29 is 13.9 Å². The normalized spacial score (nSPS) is 13.4. The Morgan fingerprint density at radius 3 is 3.10 bits per heavy atom. The van der Waals surface area contributed by atoms with Gasteiger partial charge in [0, 0.05) is 16.3 Å². The third-order valence-corrected chi connectivity index (χ3v) is 4.68. The van der Waals surface area contributed by atoms with Crippen molar-refractivity contribution in [3.63, 3.8) is 0 Å². The van der Waals surface area contributed by atoms with Crippen LogP contribution in [0, 0.1) is 0 Å². The van der Waals surface area contributed by atoms with Crippen LogP contribution in [0.2, 0.25) is 0 Å². The number of hydrogen-bond donors (Lipinski definition) is 1. The van der Waals surface area contributed by atoms with E-state index in [4.69, 9.17) is 4.42 Å². The molecule has 4 nitrogen and oxygen atoms in total. The van der Waals surface area contributed by atoms with Crippen LogP contribution >= 0.6 is 11.3 Å². The Morgan fingerprint density at radius 2 is 2.30 bits per heavy atom. The monoisotopic (exact) mass is 291 g/mol. The third kappa shape index (κ3) is 2.78. The second-order valence-electron chi connectivity index (χ2n) is 4.88. The number of furan rings is 1. The number of carbonyl (C=O) groups excluding carboxylic acids is 1. The first-order valence-corrected chi connectivity index (χ1v) is 7.56. The quantitative estimate of drug-likeness (QED) is 0.861. The first kappa shape index (κ1) is 13.4. The Labute approximate surface area is 121 Å². The molecule has 2 aromatic heterocycles. The molecule has 2 aromatic rings. The molecule has 0 fully saturated rings. The van der Waals surface area contributed by atoms with Crippen molar-refractivity contribution in [2.24, 2.45) is 0 Å². The first-order valence-electron chi connectivity index (χ1n) is 6.74. The van der Waals surface area contributed by atoms with Gasteiger partial charge in [-0.25, -0.2) is 4.79 Å². The Hall–Kier alpha value is -1.59. The van der Waals surface area contributed by atoms with E-state index >= 15 is 0 Å². The number of esters is 1. The van der Waals surface area contributed by atoms with E-state index in [0.29, 0.717) is 6.54 Å². The van der Waals surface area contributed by atoms with Gasteiger partial charge in [0.2, 0.25) is 5.76 Å². The molecule has 0 radical (unpaired) electrons. The van der Waals surface area contributed by atoms with Gasteiger partial charge in [-0.2, -0.15) is 0 Å². The van der Waals surface area contributed by atoms with E-state index in [-0.39, 0.29) is 5.76 Å². The standard InChI is InChI=1S/C15H17NO3S/c1-18-15(17)13-6-5-11(19-13)8-16-9-12-7-10-3-2-4-14(10)20-12/h5-7,16H,2-4,8-9H2,1H3. The molecule has 0 bridgehead atoms. The van der Waals surface area contributed by atoms with Gasteiger partial charge in [-0.15, -0.1) is 11.3 Å². The third-order valence-electron chi connectivity index (χ3n) is 3.44. The number of carbonyl (C=O) groups is 1. The molecule has 0 amide bonds. The van der Waals surface area contributed by atoms with Crippen LogP contribution in [0.5, 0.6) is 0 Å². The number of thiophene rings is 1. The second kappa shape index (κ2) is 5.81. The SMILES string of the molecule is COC(=O)c1ccc(CNCc2cc3c(s2)CCC3)o1. The summed E-state index contributed by atoms with van der Waals surface area (Å²) in [4.78, 5) is 14.2. The summed E-state index contributed by atoms with van der Waals surface area (Å²) in [5.74, 6) is 0.555. The van der Waals surface area contributed by atoms with E-state index in [1.54, 1.807) is 17.0 Å². The Morgan fingerprint density at radius 1 is 1.40 bits per heavy atom. The molecule has 0 spiro atoms. The maximum Gasteiger partial charge on any atom is 0.373 e. The summed E-state index contributed by atoms with van der Waals surface area (Å²) in [5.41, 5.74) is 1.53. The maximum absolute atomic E-state index is 11.3. The fourth-order valence-corrected chi connectivity index (χ4v) is 3.70. The highest BCUT2D eigenvalue weighted by Gasteiger charge is 2.15. The number of methoxy groups -OCH3 is 1. The van der Waals surface area contributed by atoms with Gasteiger partial charge in [0.15, 0.2) is 0 Å². The molecule has 1 aliphatic carbocycles. The van der Waals surface area contributed by atoms with E-state index in [9.17, 15) is 4.79 Å². The summed E-state index contributed by atoms with van der Waals surface area (Å²) >= 11 is 1.90. The van der Waals surface area contributed by atoms with Crippen LogP contribution in [0.25, 0.3) is 0 Å². The van der Waals surface area contributed by atoms with E-state index in [2.05, 4.69) is 16.1 Å². The number of hydrogen-bond acceptors (Lipinski definition) is 5. The largest absolute Gasteiger partial charge is 0.463 e.